The fourth-order valence-electron chi connectivity index (χ4n) is 3.65. The van der Waals surface area contributed by atoms with Gasteiger partial charge in [0.25, 0.3) is 5.56 Å². The molecule has 1 aliphatic rings. The van der Waals surface area contributed by atoms with Crippen molar-refractivity contribution in [3.05, 3.63) is 75.8 Å². The molecule has 4 heteroatoms. The summed E-state index contributed by atoms with van der Waals surface area (Å²) < 4.78 is 0. The van der Waals surface area contributed by atoms with Gasteiger partial charge in [0.05, 0.1) is 11.7 Å². The molecule has 1 unspecified atom stereocenters. The van der Waals surface area contributed by atoms with Crippen molar-refractivity contribution in [2.24, 2.45) is 5.92 Å². The van der Waals surface area contributed by atoms with Crippen LogP contribution < -0.4 is 5.56 Å². The van der Waals surface area contributed by atoms with Crippen LogP contribution in [0.3, 0.4) is 0 Å². The summed E-state index contributed by atoms with van der Waals surface area (Å²) in [5, 5.41) is 1.09. The average molecular weight is 333 g/mol. The van der Waals surface area contributed by atoms with Gasteiger partial charge in [0, 0.05) is 23.8 Å². The molecule has 1 saturated carbocycles. The SMILES string of the molecule is Cc1ccc2[nH]c(=O)c(CN(C)C(c3ccccn3)C3CC3)cc2c1. The fourth-order valence-corrected chi connectivity index (χ4v) is 3.65. The first-order valence-corrected chi connectivity index (χ1v) is 8.85. The Labute approximate surface area is 147 Å². The van der Waals surface area contributed by atoms with Crippen molar-refractivity contribution in [2.45, 2.75) is 32.4 Å². The Hall–Kier alpha value is -2.46. The van der Waals surface area contributed by atoms with E-state index in [1.54, 1.807) is 0 Å². The smallest absolute Gasteiger partial charge is 0.252 e. The molecule has 0 bridgehead atoms. The predicted octanol–water partition coefficient (Wildman–Crippen LogP) is 3.81. The van der Waals surface area contributed by atoms with Gasteiger partial charge in [-0.1, -0.05) is 17.7 Å². The van der Waals surface area contributed by atoms with Gasteiger partial charge >= 0.3 is 0 Å². The first kappa shape index (κ1) is 16.0. The van der Waals surface area contributed by atoms with Crippen molar-refractivity contribution in [3.63, 3.8) is 0 Å². The molecule has 1 atom stereocenters. The van der Waals surface area contributed by atoms with Crippen molar-refractivity contribution in [1.82, 2.24) is 14.9 Å². The molecule has 4 nitrogen and oxygen atoms in total. The van der Waals surface area contributed by atoms with Crippen LogP contribution >= 0.6 is 0 Å². The van der Waals surface area contributed by atoms with Gasteiger partial charge in [0.15, 0.2) is 0 Å². The highest BCUT2D eigenvalue weighted by Crippen LogP contribution is 2.43. The lowest BCUT2D eigenvalue weighted by Crippen LogP contribution is -2.29. The molecule has 2 heterocycles. The van der Waals surface area contributed by atoms with Gasteiger partial charge in [0.1, 0.15) is 0 Å². The van der Waals surface area contributed by atoms with E-state index in [9.17, 15) is 4.79 Å². The molecule has 1 aliphatic carbocycles. The third-order valence-corrected chi connectivity index (χ3v) is 5.03. The van der Waals surface area contributed by atoms with Gasteiger partial charge < -0.3 is 4.98 Å². The molecule has 4 rings (SSSR count). The van der Waals surface area contributed by atoms with Crippen LogP contribution in [0.25, 0.3) is 10.9 Å². The summed E-state index contributed by atoms with van der Waals surface area (Å²) in [5.74, 6) is 0.640. The highest BCUT2D eigenvalue weighted by atomic mass is 16.1. The standard InChI is InChI=1S/C21H23N3O/c1-14-6-9-18-16(11-14)12-17(21(25)23-18)13-24(2)20(15-7-8-15)19-5-3-4-10-22-19/h3-6,9-12,15,20H,7-8,13H2,1-2H3,(H,23,25). The second-order valence-electron chi connectivity index (χ2n) is 7.17. The molecule has 1 fully saturated rings. The van der Waals surface area contributed by atoms with Gasteiger partial charge in [-0.05, 0) is 68.4 Å². The maximum absolute atomic E-state index is 12.5. The van der Waals surface area contributed by atoms with Gasteiger partial charge in [-0.25, -0.2) is 0 Å². The van der Waals surface area contributed by atoms with Crippen molar-refractivity contribution >= 4 is 10.9 Å². The minimum Gasteiger partial charge on any atom is -0.322 e. The van der Waals surface area contributed by atoms with Gasteiger partial charge in [-0.3, -0.25) is 14.7 Å². The van der Waals surface area contributed by atoms with E-state index in [0.29, 0.717) is 12.5 Å². The topological polar surface area (TPSA) is 49.0 Å². The van der Waals surface area contributed by atoms with E-state index in [-0.39, 0.29) is 11.6 Å². The lowest BCUT2D eigenvalue weighted by Gasteiger charge is -2.27. The Balaban J connectivity index is 1.65. The summed E-state index contributed by atoms with van der Waals surface area (Å²) in [6.45, 7) is 2.69. The van der Waals surface area contributed by atoms with Crippen LogP contribution in [-0.4, -0.2) is 21.9 Å². The largest absolute Gasteiger partial charge is 0.322 e. The number of H-pyrrole nitrogens is 1. The van der Waals surface area contributed by atoms with Crippen LogP contribution in [0, 0.1) is 12.8 Å². The maximum Gasteiger partial charge on any atom is 0.252 e. The molecule has 3 aromatic rings. The van der Waals surface area contributed by atoms with Crippen molar-refractivity contribution in [1.29, 1.82) is 0 Å². The molecule has 2 aromatic heterocycles. The number of nitrogens with zero attached hydrogens (tertiary/aromatic N) is 2. The van der Waals surface area contributed by atoms with E-state index in [2.05, 4.69) is 41.0 Å². The van der Waals surface area contributed by atoms with E-state index in [1.807, 2.05) is 36.5 Å². The Morgan fingerprint density at radius 3 is 2.80 bits per heavy atom. The summed E-state index contributed by atoms with van der Waals surface area (Å²) in [6.07, 6.45) is 4.32. The van der Waals surface area contributed by atoms with E-state index >= 15 is 0 Å². The lowest BCUT2D eigenvalue weighted by molar-refractivity contribution is 0.207. The van der Waals surface area contributed by atoms with Crippen molar-refractivity contribution < 1.29 is 0 Å². The van der Waals surface area contributed by atoms with E-state index in [4.69, 9.17) is 0 Å². The third-order valence-electron chi connectivity index (χ3n) is 5.03. The molecule has 25 heavy (non-hydrogen) atoms. The van der Waals surface area contributed by atoms with Crippen LogP contribution in [0.4, 0.5) is 0 Å². The summed E-state index contributed by atoms with van der Waals surface area (Å²) in [6, 6.07) is 14.5. The number of rotatable bonds is 5. The highest BCUT2D eigenvalue weighted by molar-refractivity contribution is 5.79. The summed E-state index contributed by atoms with van der Waals surface area (Å²) in [5.41, 5.74) is 4.00. The predicted molar refractivity (Wildman–Crippen MR) is 100 cm³/mol. The van der Waals surface area contributed by atoms with Gasteiger partial charge in [-0.15, -0.1) is 0 Å². The Kier molecular flexibility index (Phi) is 4.14. The molecule has 0 saturated heterocycles. The summed E-state index contributed by atoms with van der Waals surface area (Å²) in [4.78, 5) is 22.3. The molecular weight excluding hydrogens is 310 g/mol. The van der Waals surface area contributed by atoms with Crippen LogP contribution in [0.1, 0.15) is 35.7 Å². The lowest BCUT2D eigenvalue weighted by atomic mass is 10.0. The second-order valence-corrected chi connectivity index (χ2v) is 7.17. The fraction of sp³-hybridized carbons (Fsp3) is 0.333. The summed E-state index contributed by atoms with van der Waals surface area (Å²) in [7, 11) is 2.09. The van der Waals surface area contributed by atoms with E-state index < -0.39 is 0 Å². The third kappa shape index (κ3) is 3.35. The number of aryl methyl sites for hydroxylation is 1. The number of nitrogens with one attached hydrogen (secondary N) is 1. The van der Waals surface area contributed by atoms with Crippen LogP contribution in [0.2, 0.25) is 0 Å². The number of fused-ring (bicyclic) bond motifs is 1. The monoisotopic (exact) mass is 333 g/mol. The molecule has 0 aliphatic heterocycles. The van der Waals surface area contributed by atoms with E-state index in [1.165, 1.54) is 18.4 Å². The second kappa shape index (κ2) is 6.45. The molecule has 1 aromatic carbocycles. The first-order chi connectivity index (χ1) is 12.1. The minimum atomic E-state index is -0.00114. The molecular formula is C21H23N3O. The number of benzene rings is 1. The molecule has 128 valence electrons. The van der Waals surface area contributed by atoms with Gasteiger partial charge in [0.2, 0.25) is 0 Å². The van der Waals surface area contributed by atoms with Crippen LogP contribution in [-0.2, 0) is 6.54 Å². The summed E-state index contributed by atoms with van der Waals surface area (Å²) >= 11 is 0. The van der Waals surface area contributed by atoms with Gasteiger partial charge in [-0.2, -0.15) is 0 Å². The molecule has 1 N–H and O–H groups in total. The highest BCUT2D eigenvalue weighted by Gasteiger charge is 2.35. The van der Waals surface area contributed by atoms with Crippen LogP contribution in [0.5, 0.6) is 0 Å². The molecule has 0 radical (unpaired) electrons. The number of hydrogen-bond donors (Lipinski definition) is 1. The quantitative estimate of drug-likeness (QED) is 0.772. The number of aromatic nitrogens is 2. The number of aromatic amines is 1. The molecule has 0 amide bonds. The average Bonchev–Trinajstić information content (AvgIpc) is 3.42. The van der Waals surface area contributed by atoms with Crippen LogP contribution in [0.15, 0.2) is 53.5 Å². The van der Waals surface area contributed by atoms with E-state index in [0.717, 1.165) is 22.2 Å². The Morgan fingerprint density at radius 2 is 2.08 bits per heavy atom. The zero-order valence-electron chi connectivity index (χ0n) is 14.7. The Morgan fingerprint density at radius 1 is 1.24 bits per heavy atom. The zero-order valence-corrected chi connectivity index (χ0v) is 14.7. The Bertz CT molecular complexity index is 944. The zero-order chi connectivity index (χ0) is 17.4. The number of pyridine rings is 2. The molecule has 0 spiro atoms. The van der Waals surface area contributed by atoms with Crippen molar-refractivity contribution in [2.75, 3.05) is 7.05 Å². The first-order valence-electron chi connectivity index (χ1n) is 8.85. The van der Waals surface area contributed by atoms with Crippen molar-refractivity contribution in [3.8, 4) is 0 Å². The number of hydrogen-bond acceptors (Lipinski definition) is 3. The maximum atomic E-state index is 12.5. The minimum absolute atomic E-state index is 0.00114. The normalized spacial score (nSPS) is 15.6.